The molecule has 0 radical (unpaired) electrons. The molecular weight excluding hydrogens is 394 g/mol. The summed E-state index contributed by atoms with van der Waals surface area (Å²) in [4.78, 5) is 13.6. The number of carbonyl (C=O) groups is 1. The molecule has 2 aliphatic rings. The summed E-state index contributed by atoms with van der Waals surface area (Å²) in [5, 5.41) is 2.13. The van der Waals surface area contributed by atoms with Crippen molar-refractivity contribution < 1.29 is 40.6 Å². The third-order valence-corrected chi connectivity index (χ3v) is 4.67. The highest BCUT2D eigenvalue weighted by molar-refractivity contribution is 5.89. The van der Waals surface area contributed by atoms with Gasteiger partial charge in [0.05, 0.1) is 24.3 Å². The molecule has 0 saturated carbocycles. The van der Waals surface area contributed by atoms with Crippen LogP contribution in [0.2, 0.25) is 0 Å². The van der Waals surface area contributed by atoms with E-state index >= 15 is 0 Å². The number of nitrogens with one attached hydrogen (secondary N) is 1. The molecule has 1 aromatic rings. The molecule has 0 unspecified atom stereocenters. The zero-order valence-electron chi connectivity index (χ0n) is 14.6. The topological polar surface area (TPSA) is 50.8 Å². The number of nitrogens with zero attached hydrogens (tertiary/aromatic N) is 1. The Bertz CT molecular complexity index is 686. The Labute approximate surface area is 156 Å². The Kier molecular flexibility index (Phi) is 5.50. The molecule has 1 aromatic carbocycles. The molecule has 2 aliphatic heterocycles. The van der Waals surface area contributed by atoms with Crippen LogP contribution < -0.4 is 5.32 Å². The van der Waals surface area contributed by atoms with Gasteiger partial charge in [-0.3, -0.25) is 0 Å². The van der Waals surface area contributed by atoms with Crippen molar-refractivity contribution in [2.24, 2.45) is 0 Å². The van der Waals surface area contributed by atoms with Gasteiger partial charge in [0.1, 0.15) is 0 Å². The fourth-order valence-corrected chi connectivity index (χ4v) is 3.19. The van der Waals surface area contributed by atoms with E-state index in [1.807, 2.05) is 0 Å². The second kappa shape index (κ2) is 7.43. The highest BCUT2D eigenvalue weighted by atomic mass is 19.4. The predicted molar refractivity (Wildman–Crippen MR) is 85.5 cm³/mol. The van der Waals surface area contributed by atoms with Crippen molar-refractivity contribution in [1.82, 2.24) is 4.90 Å². The first-order valence-corrected chi connectivity index (χ1v) is 8.62. The number of rotatable bonds is 1. The number of urea groups is 1. The quantitative estimate of drug-likeness (QED) is 0.692. The first-order valence-electron chi connectivity index (χ1n) is 8.62. The molecule has 2 saturated heterocycles. The second-order valence-electron chi connectivity index (χ2n) is 6.67. The number of hydrogen-bond donors (Lipinski definition) is 1. The summed E-state index contributed by atoms with van der Waals surface area (Å²) < 4.78 is 88.7. The Balaban J connectivity index is 1.71. The van der Waals surface area contributed by atoms with E-state index in [1.165, 1.54) is 4.90 Å². The van der Waals surface area contributed by atoms with Gasteiger partial charge in [-0.15, -0.1) is 0 Å². The number of halogens is 6. The van der Waals surface area contributed by atoms with Gasteiger partial charge < -0.3 is 19.7 Å². The van der Waals surface area contributed by atoms with Crippen molar-refractivity contribution in [1.29, 1.82) is 0 Å². The number of hydrogen-bond acceptors (Lipinski definition) is 3. The predicted octanol–water partition coefficient (Wildman–Crippen LogP) is 4.49. The van der Waals surface area contributed by atoms with E-state index < -0.39 is 41.0 Å². The van der Waals surface area contributed by atoms with Crippen LogP contribution >= 0.6 is 0 Å². The van der Waals surface area contributed by atoms with Crippen LogP contribution in [0.25, 0.3) is 0 Å². The average Bonchev–Trinajstić information content (AvgIpc) is 2.61. The Morgan fingerprint density at radius 2 is 1.43 bits per heavy atom. The first kappa shape index (κ1) is 20.7. The Morgan fingerprint density at radius 3 is 1.89 bits per heavy atom. The van der Waals surface area contributed by atoms with Crippen LogP contribution in [0, 0.1) is 0 Å². The molecule has 0 atom stereocenters. The third-order valence-electron chi connectivity index (χ3n) is 4.67. The van der Waals surface area contributed by atoms with Crippen LogP contribution in [-0.4, -0.2) is 43.0 Å². The number of benzene rings is 1. The van der Waals surface area contributed by atoms with Gasteiger partial charge in [-0.1, -0.05) is 0 Å². The Morgan fingerprint density at radius 1 is 0.929 bits per heavy atom. The van der Waals surface area contributed by atoms with Crippen LogP contribution in [-0.2, 0) is 21.8 Å². The maximum atomic E-state index is 12.9. The minimum atomic E-state index is -4.98. The summed E-state index contributed by atoms with van der Waals surface area (Å²) in [6.45, 7) is 1.49. The number of carbonyl (C=O) groups excluding carboxylic acids is 1. The number of anilines is 1. The smallest absolute Gasteiger partial charge is 0.350 e. The van der Waals surface area contributed by atoms with Crippen molar-refractivity contribution in [3.05, 3.63) is 29.3 Å². The van der Waals surface area contributed by atoms with Gasteiger partial charge in [0.25, 0.3) is 0 Å². The van der Waals surface area contributed by atoms with Crippen LogP contribution in [0.4, 0.5) is 36.8 Å². The lowest BCUT2D eigenvalue weighted by molar-refractivity contribution is -0.281. The number of alkyl halides is 6. The highest BCUT2D eigenvalue weighted by Gasteiger charge is 2.40. The molecule has 2 fully saturated rings. The number of likely N-dealkylation sites (tertiary alicyclic amines) is 1. The van der Waals surface area contributed by atoms with Gasteiger partial charge in [0.15, 0.2) is 5.79 Å². The van der Waals surface area contributed by atoms with Gasteiger partial charge in [-0.2, -0.15) is 26.3 Å². The first-order chi connectivity index (χ1) is 13.0. The summed E-state index contributed by atoms with van der Waals surface area (Å²) >= 11 is 0. The van der Waals surface area contributed by atoms with E-state index in [2.05, 4.69) is 5.32 Å². The molecule has 0 bridgehead atoms. The van der Waals surface area contributed by atoms with E-state index in [9.17, 15) is 31.1 Å². The number of piperidine rings is 1. The van der Waals surface area contributed by atoms with E-state index in [0.29, 0.717) is 38.2 Å². The molecular formula is C17H18F6N2O3. The fraction of sp³-hybridized carbons (Fsp3) is 0.588. The fourth-order valence-electron chi connectivity index (χ4n) is 3.19. The standard InChI is InChI=1S/C17H18F6N2O3/c18-16(19,20)11-8-12(17(21,22)23)10-13(9-11)24-14(26)25-4-2-15(3-5-25)27-6-1-7-28-15/h8-10H,1-7H2,(H,24,26). The molecule has 2 amide bonds. The molecule has 0 aromatic heterocycles. The van der Waals surface area contributed by atoms with E-state index in [-0.39, 0.29) is 19.2 Å². The van der Waals surface area contributed by atoms with Gasteiger partial charge in [0.2, 0.25) is 0 Å². The van der Waals surface area contributed by atoms with Gasteiger partial charge >= 0.3 is 18.4 Å². The summed E-state index contributed by atoms with van der Waals surface area (Å²) in [7, 11) is 0. The van der Waals surface area contributed by atoms with Gasteiger partial charge in [-0.25, -0.2) is 4.79 Å². The molecule has 1 N–H and O–H groups in total. The van der Waals surface area contributed by atoms with Crippen molar-refractivity contribution in [3.63, 3.8) is 0 Å². The van der Waals surface area contributed by atoms with E-state index in [1.54, 1.807) is 0 Å². The molecule has 3 rings (SSSR count). The van der Waals surface area contributed by atoms with Crippen molar-refractivity contribution in [3.8, 4) is 0 Å². The monoisotopic (exact) mass is 412 g/mol. The largest absolute Gasteiger partial charge is 0.416 e. The lowest BCUT2D eigenvalue weighted by Crippen LogP contribution is -2.52. The van der Waals surface area contributed by atoms with Crippen LogP contribution in [0.5, 0.6) is 0 Å². The highest BCUT2D eigenvalue weighted by Crippen LogP contribution is 2.38. The van der Waals surface area contributed by atoms with Crippen molar-refractivity contribution >= 4 is 11.7 Å². The molecule has 11 heteroatoms. The lowest BCUT2D eigenvalue weighted by Gasteiger charge is -2.43. The van der Waals surface area contributed by atoms with E-state index in [0.717, 1.165) is 6.42 Å². The average molecular weight is 412 g/mol. The van der Waals surface area contributed by atoms with Crippen LogP contribution in [0.15, 0.2) is 18.2 Å². The normalized spacial score (nSPS) is 20.3. The summed E-state index contributed by atoms with van der Waals surface area (Å²) in [6, 6.07) is 0.189. The van der Waals surface area contributed by atoms with Crippen LogP contribution in [0.1, 0.15) is 30.4 Å². The molecule has 5 nitrogen and oxygen atoms in total. The minimum Gasteiger partial charge on any atom is -0.350 e. The lowest BCUT2D eigenvalue weighted by atomic mass is 10.0. The Hall–Kier alpha value is -2.01. The maximum Gasteiger partial charge on any atom is 0.416 e. The molecule has 156 valence electrons. The third kappa shape index (κ3) is 4.69. The zero-order valence-corrected chi connectivity index (χ0v) is 14.6. The molecule has 2 heterocycles. The van der Waals surface area contributed by atoms with Crippen molar-refractivity contribution in [2.75, 3.05) is 31.6 Å². The van der Waals surface area contributed by atoms with Crippen LogP contribution in [0.3, 0.4) is 0 Å². The molecule has 0 aliphatic carbocycles. The minimum absolute atomic E-state index is 0.0120. The number of ether oxygens (including phenoxy) is 2. The molecule has 28 heavy (non-hydrogen) atoms. The SMILES string of the molecule is O=C(Nc1cc(C(F)(F)F)cc(C(F)(F)F)c1)N1CCC2(CC1)OCCCO2. The summed E-state index contributed by atoms with van der Waals surface area (Å²) in [5.74, 6) is -0.769. The van der Waals surface area contributed by atoms with Gasteiger partial charge in [-0.05, 0) is 24.6 Å². The van der Waals surface area contributed by atoms with Gasteiger partial charge in [0, 0.05) is 31.6 Å². The van der Waals surface area contributed by atoms with Crippen molar-refractivity contribution in [2.45, 2.75) is 37.4 Å². The second-order valence-corrected chi connectivity index (χ2v) is 6.67. The summed E-state index contributed by atoms with van der Waals surface area (Å²) in [6.07, 6.45) is -8.45. The van der Waals surface area contributed by atoms with E-state index in [4.69, 9.17) is 9.47 Å². The maximum absolute atomic E-state index is 12.9. The summed E-state index contributed by atoms with van der Waals surface area (Å²) in [5.41, 5.74) is -3.55. The molecule has 1 spiro atoms. The number of amides is 2. The zero-order chi connectivity index (χ0) is 20.6.